The molecule has 3 aromatic rings. The van der Waals surface area contributed by atoms with E-state index in [0.29, 0.717) is 27.9 Å². The molecule has 0 saturated heterocycles. The molecule has 418 valence electrons. The number of hydrogen-bond donors (Lipinski definition) is 0. The third-order valence-corrected chi connectivity index (χ3v) is 24.2. The lowest BCUT2D eigenvalue weighted by Crippen LogP contribution is -2.45. The van der Waals surface area contributed by atoms with Gasteiger partial charge in [-0.3, -0.25) is 0 Å². The Morgan fingerprint density at radius 1 is 0.520 bits per heavy atom. The number of nitrogens with zero attached hydrogens (tertiary/aromatic N) is 2. The van der Waals surface area contributed by atoms with Gasteiger partial charge in [-0.15, -0.1) is 0 Å². The maximum Gasteiger partial charge on any atom is 0.210 e. The molecule has 0 saturated carbocycles. The number of aryl methyl sites for hydroxylation is 2. The Bertz CT molecular complexity index is 2660. The molecule has 0 amide bonds. The van der Waals surface area contributed by atoms with Gasteiger partial charge in [-0.2, -0.15) is 0 Å². The summed E-state index contributed by atoms with van der Waals surface area (Å²) in [5.74, 6) is 1.36. The third-order valence-electron chi connectivity index (χ3n) is 17.4. The molecule has 9 nitrogen and oxygen atoms in total. The molecule has 3 aromatic carbocycles. The van der Waals surface area contributed by atoms with E-state index in [1.165, 1.54) is 146 Å². The minimum atomic E-state index is -5.16. The van der Waals surface area contributed by atoms with Crippen LogP contribution in [-0.4, -0.2) is 76.8 Å². The fraction of sp³-hybridized carbons (Fsp3) is 0.698. The average Bonchev–Trinajstić information content (AvgIpc) is 3.43. The Labute approximate surface area is 456 Å². The van der Waals surface area contributed by atoms with Gasteiger partial charge in [0.1, 0.15) is 44.8 Å². The Kier molecular flexibility index (Phi) is 23.5. The third kappa shape index (κ3) is 15.9. The summed E-state index contributed by atoms with van der Waals surface area (Å²) < 4.78 is 83.1. The second kappa shape index (κ2) is 29.4. The van der Waals surface area contributed by atoms with Crippen LogP contribution in [0.5, 0.6) is 11.5 Å². The highest BCUT2D eigenvalue weighted by atomic mass is 32.2. The summed E-state index contributed by atoms with van der Waals surface area (Å²) in [5.41, 5.74) is 7.06. The Morgan fingerprint density at radius 2 is 1.00 bits per heavy atom. The molecule has 0 fully saturated rings. The molecular weight excluding hydrogens is 992 g/mol. The molecule has 5 heterocycles. The molecule has 5 aliphatic heterocycles. The first-order valence-corrected chi connectivity index (χ1v) is 36.0. The summed E-state index contributed by atoms with van der Waals surface area (Å²) in [4.78, 5) is 0.951. The molecule has 0 unspecified atom stereocenters. The number of hydrogen-bond acceptors (Lipinski definition) is 8. The topological polar surface area (TPSA) is 130 Å². The van der Waals surface area contributed by atoms with Gasteiger partial charge in [0.2, 0.25) is 5.36 Å². The molecule has 0 atom stereocenters. The molecule has 75 heavy (non-hydrogen) atoms. The minimum Gasteiger partial charge on any atom is -0.744 e. The van der Waals surface area contributed by atoms with Gasteiger partial charge in [0, 0.05) is 71.9 Å². The van der Waals surface area contributed by atoms with E-state index in [1.54, 1.807) is 50.3 Å². The Balaban J connectivity index is 0.000000227. The molecule has 0 spiro atoms. The molecule has 0 radical (unpaired) electrons. The van der Waals surface area contributed by atoms with Crippen LogP contribution in [0.15, 0.2) is 40.1 Å². The zero-order chi connectivity index (χ0) is 53.3. The molecule has 0 N–H and O–H groups in total. The number of anilines is 1. The van der Waals surface area contributed by atoms with E-state index in [9.17, 15) is 25.9 Å². The SMILES string of the molecule is CCCCCCCCCCCCCC[P+](CCCCCC)(CCCCCC)CCCCCC.O=S(=O)([O-])c1ccc(C2=c3cc4c5c(c3Oc3c2cc2c6c3CCCN6CCC2)CCC[N+]=5CCC4)c(S(=O)(=O)[O-])c1. The molecule has 0 aromatic heterocycles. The molecule has 5 aliphatic rings. The van der Waals surface area contributed by atoms with E-state index in [0.717, 1.165) is 112 Å². The van der Waals surface area contributed by atoms with E-state index in [4.69, 9.17) is 4.74 Å². The molecule has 8 rings (SSSR count). The van der Waals surface area contributed by atoms with Crippen molar-refractivity contribution in [2.75, 3.05) is 55.7 Å². The highest BCUT2D eigenvalue weighted by molar-refractivity contribution is 7.86. The van der Waals surface area contributed by atoms with Crippen LogP contribution < -0.4 is 24.8 Å². The van der Waals surface area contributed by atoms with Crippen LogP contribution in [0, 0.1) is 0 Å². The van der Waals surface area contributed by atoms with E-state index in [2.05, 4.69) is 49.3 Å². The summed E-state index contributed by atoms with van der Waals surface area (Å²) in [6.07, 6.45) is 49.4. The van der Waals surface area contributed by atoms with Gasteiger partial charge in [0.25, 0.3) is 0 Å². The van der Waals surface area contributed by atoms with Crippen LogP contribution in [0.3, 0.4) is 0 Å². The fourth-order valence-electron chi connectivity index (χ4n) is 13.5. The van der Waals surface area contributed by atoms with E-state index < -0.39 is 37.3 Å². The Morgan fingerprint density at radius 3 is 1.53 bits per heavy atom. The van der Waals surface area contributed by atoms with Gasteiger partial charge in [-0.05, 0) is 120 Å². The lowest BCUT2D eigenvalue weighted by Gasteiger charge is -2.39. The summed E-state index contributed by atoms with van der Waals surface area (Å²) in [6.45, 7) is 13.3. The number of rotatable bonds is 31. The van der Waals surface area contributed by atoms with Crippen molar-refractivity contribution in [1.82, 2.24) is 4.58 Å². The molecular formula is C63H97N2O7PS2. The van der Waals surface area contributed by atoms with Crippen molar-refractivity contribution in [2.45, 2.75) is 243 Å². The van der Waals surface area contributed by atoms with Crippen molar-refractivity contribution in [2.24, 2.45) is 0 Å². The van der Waals surface area contributed by atoms with Gasteiger partial charge in [-0.25, -0.2) is 21.4 Å². The predicted molar refractivity (Wildman–Crippen MR) is 313 cm³/mol. The van der Waals surface area contributed by atoms with Crippen molar-refractivity contribution in [3.63, 3.8) is 0 Å². The molecule has 12 heteroatoms. The van der Waals surface area contributed by atoms with E-state index in [-0.39, 0.29) is 5.56 Å². The monoisotopic (exact) mass is 1090 g/mol. The van der Waals surface area contributed by atoms with Crippen molar-refractivity contribution >= 4 is 38.8 Å². The Hall–Kier alpha value is -2.82. The number of unbranched alkanes of at least 4 members (excludes halogenated alkanes) is 20. The van der Waals surface area contributed by atoms with E-state index in [1.807, 2.05) is 0 Å². The van der Waals surface area contributed by atoms with Gasteiger partial charge in [0.15, 0.2) is 0 Å². The normalized spacial score (nSPS) is 15.9. The van der Waals surface area contributed by atoms with Crippen molar-refractivity contribution in [1.29, 1.82) is 0 Å². The largest absolute Gasteiger partial charge is 0.744 e. The lowest BCUT2D eigenvalue weighted by molar-refractivity contribution is 0.431. The average molecular weight is 1090 g/mol. The van der Waals surface area contributed by atoms with Gasteiger partial charge in [-0.1, -0.05) is 136 Å². The summed E-state index contributed by atoms with van der Waals surface area (Å²) >= 11 is 0. The molecule has 0 bridgehead atoms. The van der Waals surface area contributed by atoms with Crippen LogP contribution in [0.4, 0.5) is 5.69 Å². The van der Waals surface area contributed by atoms with Gasteiger partial charge in [0.05, 0.1) is 40.0 Å². The van der Waals surface area contributed by atoms with Crippen molar-refractivity contribution < 1.29 is 30.7 Å². The predicted octanol–water partition coefficient (Wildman–Crippen LogP) is 14.4. The van der Waals surface area contributed by atoms with Gasteiger partial charge < -0.3 is 18.7 Å². The number of fused-ring (bicyclic) bond motifs is 4. The summed E-state index contributed by atoms with van der Waals surface area (Å²) in [5, 5.41) is 1.91. The fourth-order valence-corrected chi connectivity index (χ4v) is 19.7. The first-order chi connectivity index (χ1) is 36.3. The van der Waals surface area contributed by atoms with Crippen molar-refractivity contribution in [3.8, 4) is 11.5 Å². The number of benzene rings is 3. The first-order valence-electron chi connectivity index (χ1n) is 30.7. The zero-order valence-electron chi connectivity index (χ0n) is 47.2. The second-order valence-corrected chi connectivity index (χ2v) is 30.4. The zero-order valence-corrected chi connectivity index (χ0v) is 49.7. The highest BCUT2D eigenvalue weighted by Crippen LogP contribution is 2.61. The van der Waals surface area contributed by atoms with Crippen LogP contribution >= 0.6 is 7.26 Å². The summed E-state index contributed by atoms with van der Waals surface area (Å²) in [7, 11) is -10.9. The lowest BCUT2D eigenvalue weighted by atomic mass is 9.82. The maximum absolute atomic E-state index is 12.7. The summed E-state index contributed by atoms with van der Waals surface area (Å²) in [6, 6.07) is 7.26. The van der Waals surface area contributed by atoms with Gasteiger partial charge >= 0.3 is 0 Å². The van der Waals surface area contributed by atoms with Crippen LogP contribution in [-0.2, 0) is 45.9 Å². The van der Waals surface area contributed by atoms with Crippen molar-refractivity contribution in [3.05, 3.63) is 74.3 Å². The van der Waals surface area contributed by atoms with Crippen LogP contribution in [0.2, 0.25) is 0 Å². The van der Waals surface area contributed by atoms with Crippen LogP contribution in [0.1, 0.15) is 241 Å². The van der Waals surface area contributed by atoms with E-state index >= 15 is 0 Å². The first kappa shape index (κ1) is 59.8. The standard InChI is InChI=1S/C32H68P.C31H30N2O7S2/c1-5-9-13-17-18-19-20-21-22-23-24-28-32-33(29-25-14-10-6-2,30-26-15-11-7-3)31-27-16-12-8-4;34-41(35,36)20-9-10-21(26(17-20)42(37,38)39)27-24-15-18-5-1-11-32-13-3-7-22(28(18)32)30(24)40-31-23-8-4-14-33-12-2-6-19(29(23)33)16-25(27)31/h5-32H2,1-4H3;9-10,15-17H,1-8,11-14H2,(H-,34,35,36,37,38,39)/q+1;/p-1. The maximum atomic E-state index is 12.7. The minimum absolute atomic E-state index is 0.0921. The highest BCUT2D eigenvalue weighted by Gasteiger charge is 2.38. The second-order valence-electron chi connectivity index (χ2n) is 23.2. The molecule has 0 aliphatic carbocycles. The smallest absolute Gasteiger partial charge is 0.210 e. The quantitative estimate of drug-likeness (QED) is 0.0211. The van der Waals surface area contributed by atoms with Crippen LogP contribution in [0.25, 0.3) is 5.57 Å². The number of ether oxygens (including phenoxy) is 1.